The Morgan fingerprint density at radius 3 is 2.38 bits per heavy atom. The lowest BCUT2D eigenvalue weighted by atomic mass is 10.1. The summed E-state index contributed by atoms with van der Waals surface area (Å²) in [7, 11) is 3.23. The zero-order chi connectivity index (χ0) is 18.7. The van der Waals surface area contributed by atoms with Crippen LogP contribution in [0.15, 0.2) is 46.0 Å². The van der Waals surface area contributed by atoms with Gasteiger partial charge in [0, 0.05) is 15.8 Å². The number of nitrogen functional groups attached to an aromatic ring is 1. The van der Waals surface area contributed by atoms with Crippen LogP contribution in [-0.4, -0.2) is 29.1 Å². The molecule has 6 nitrogen and oxygen atoms in total. The first-order valence-corrected chi connectivity index (χ1v) is 9.62. The number of hydrogen-bond donors (Lipinski definition) is 1. The predicted molar refractivity (Wildman–Crippen MR) is 107 cm³/mol. The van der Waals surface area contributed by atoms with Gasteiger partial charge < -0.3 is 15.3 Å². The molecule has 3 aromatic rings. The van der Waals surface area contributed by atoms with Gasteiger partial charge in [0.15, 0.2) is 17.3 Å². The van der Waals surface area contributed by atoms with E-state index in [4.69, 9.17) is 15.3 Å². The lowest BCUT2D eigenvalue weighted by molar-refractivity contribution is 0.354. The zero-order valence-electron chi connectivity index (χ0n) is 14.7. The number of ether oxygens (including phenoxy) is 2. The first-order valence-electron chi connectivity index (χ1n) is 7.84. The van der Waals surface area contributed by atoms with Gasteiger partial charge in [-0.15, -0.1) is 10.2 Å². The van der Waals surface area contributed by atoms with Gasteiger partial charge in [0.1, 0.15) is 0 Å². The van der Waals surface area contributed by atoms with Gasteiger partial charge >= 0.3 is 0 Å². The van der Waals surface area contributed by atoms with Crippen LogP contribution in [0.4, 0.5) is 0 Å². The second-order valence-electron chi connectivity index (χ2n) is 5.63. The van der Waals surface area contributed by atoms with Crippen LogP contribution >= 0.6 is 27.7 Å². The Hall–Kier alpha value is -2.19. The standard InChI is InChI=1S/C18H19BrN4O2S/c1-11-4-6-12(7-5-11)17-21-22-18(23(17)20)26-10-13-8-15(24-2)16(25-3)9-14(13)19/h4-9H,10,20H2,1-3H3. The van der Waals surface area contributed by atoms with Crippen molar-refractivity contribution in [3.63, 3.8) is 0 Å². The maximum Gasteiger partial charge on any atom is 0.210 e. The number of hydrogen-bond acceptors (Lipinski definition) is 6. The molecular weight excluding hydrogens is 416 g/mol. The van der Waals surface area contributed by atoms with E-state index < -0.39 is 0 Å². The molecule has 136 valence electrons. The normalized spacial score (nSPS) is 10.8. The van der Waals surface area contributed by atoms with Gasteiger partial charge in [0.2, 0.25) is 5.16 Å². The van der Waals surface area contributed by atoms with Gasteiger partial charge in [-0.2, -0.15) is 0 Å². The molecular formula is C18H19BrN4O2S. The Bertz CT molecular complexity index is 912. The highest BCUT2D eigenvalue weighted by atomic mass is 79.9. The van der Waals surface area contributed by atoms with Crippen LogP contribution < -0.4 is 15.3 Å². The summed E-state index contributed by atoms with van der Waals surface area (Å²) in [5, 5.41) is 9.08. The Labute approximate surface area is 164 Å². The summed E-state index contributed by atoms with van der Waals surface area (Å²) in [6.45, 7) is 2.04. The quantitative estimate of drug-likeness (QED) is 0.465. The van der Waals surface area contributed by atoms with Crippen molar-refractivity contribution in [2.45, 2.75) is 17.8 Å². The number of aryl methyl sites for hydroxylation is 1. The molecule has 1 heterocycles. The number of aromatic nitrogens is 3. The van der Waals surface area contributed by atoms with E-state index >= 15 is 0 Å². The number of nitrogens with zero attached hydrogens (tertiary/aromatic N) is 3. The van der Waals surface area contributed by atoms with Crippen LogP contribution in [0.3, 0.4) is 0 Å². The summed E-state index contributed by atoms with van der Waals surface area (Å²) < 4.78 is 13.1. The topological polar surface area (TPSA) is 75.2 Å². The summed E-state index contributed by atoms with van der Waals surface area (Å²) in [5.41, 5.74) is 3.17. The van der Waals surface area contributed by atoms with Gasteiger partial charge in [-0.3, -0.25) is 0 Å². The molecule has 3 rings (SSSR count). The molecule has 2 aromatic carbocycles. The number of methoxy groups -OCH3 is 2. The summed E-state index contributed by atoms with van der Waals surface area (Å²) in [5.74, 6) is 8.85. The minimum Gasteiger partial charge on any atom is -0.493 e. The predicted octanol–water partition coefficient (Wildman–Crippen LogP) is 4.04. The molecule has 0 spiro atoms. The molecule has 1 aromatic heterocycles. The summed E-state index contributed by atoms with van der Waals surface area (Å²) in [4.78, 5) is 0. The third-order valence-electron chi connectivity index (χ3n) is 3.88. The fourth-order valence-electron chi connectivity index (χ4n) is 2.42. The molecule has 0 aliphatic carbocycles. The molecule has 0 unspecified atom stereocenters. The summed E-state index contributed by atoms with van der Waals surface area (Å²) in [6.07, 6.45) is 0. The zero-order valence-corrected chi connectivity index (χ0v) is 17.1. The molecule has 0 bridgehead atoms. The van der Waals surface area contributed by atoms with Gasteiger partial charge in [0.05, 0.1) is 14.2 Å². The van der Waals surface area contributed by atoms with Crippen molar-refractivity contribution in [3.05, 3.63) is 52.0 Å². The summed E-state index contributed by atoms with van der Waals surface area (Å²) in [6, 6.07) is 11.9. The van der Waals surface area contributed by atoms with Crippen LogP contribution in [0.5, 0.6) is 11.5 Å². The molecule has 0 saturated carbocycles. The van der Waals surface area contributed by atoms with Gasteiger partial charge in [-0.25, -0.2) is 4.68 Å². The first-order chi connectivity index (χ1) is 12.5. The second kappa shape index (κ2) is 8.01. The maximum atomic E-state index is 6.19. The van der Waals surface area contributed by atoms with Crippen molar-refractivity contribution in [2.24, 2.45) is 0 Å². The van der Waals surface area contributed by atoms with Crippen LogP contribution in [0, 0.1) is 6.92 Å². The molecule has 0 atom stereocenters. The molecule has 0 radical (unpaired) electrons. The average Bonchev–Trinajstić information content (AvgIpc) is 3.01. The lowest BCUT2D eigenvalue weighted by Crippen LogP contribution is -2.11. The van der Waals surface area contributed by atoms with Crippen LogP contribution in [0.2, 0.25) is 0 Å². The molecule has 0 aliphatic rings. The third kappa shape index (κ3) is 3.81. The van der Waals surface area contributed by atoms with Gasteiger partial charge in [0.25, 0.3) is 0 Å². The Balaban J connectivity index is 1.80. The summed E-state index contributed by atoms with van der Waals surface area (Å²) >= 11 is 5.07. The Morgan fingerprint density at radius 2 is 1.73 bits per heavy atom. The van der Waals surface area contributed by atoms with E-state index in [9.17, 15) is 0 Å². The Kier molecular flexibility index (Phi) is 5.73. The van der Waals surface area contributed by atoms with E-state index in [1.165, 1.54) is 22.0 Å². The molecule has 26 heavy (non-hydrogen) atoms. The van der Waals surface area contributed by atoms with Crippen molar-refractivity contribution < 1.29 is 9.47 Å². The number of benzene rings is 2. The monoisotopic (exact) mass is 434 g/mol. The minimum absolute atomic E-state index is 0.638. The highest BCUT2D eigenvalue weighted by Crippen LogP contribution is 2.36. The number of halogens is 1. The molecule has 0 saturated heterocycles. The number of nitrogens with two attached hydrogens (primary N) is 1. The van der Waals surface area contributed by atoms with Crippen molar-refractivity contribution in [2.75, 3.05) is 20.1 Å². The second-order valence-corrected chi connectivity index (χ2v) is 7.43. The van der Waals surface area contributed by atoms with Crippen molar-refractivity contribution >= 4 is 27.7 Å². The van der Waals surface area contributed by atoms with Crippen molar-refractivity contribution in [3.8, 4) is 22.9 Å². The maximum absolute atomic E-state index is 6.19. The number of thioether (sulfide) groups is 1. The average molecular weight is 435 g/mol. The van der Waals surface area contributed by atoms with E-state index in [1.807, 2.05) is 43.3 Å². The highest BCUT2D eigenvalue weighted by Gasteiger charge is 2.14. The van der Waals surface area contributed by atoms with Crippen LogP contribution in [-0.2, 0) is 5.75 Å². The molecule has 0 fully saturated rings. The largest absolute Gasteiger partial charge is 0.493 e. The molecule has 0 aliphatic heterocycles. The van der Waals surface area contributed by atoms with Crippen molar-refractivity contribution in [1.82, 2.24) is 14.9 Å². The van der Waals surface area contributed by atoms with E-state index in [2.05, 4.69) is 26.1 Å². The highest BCUT2D eigenvalue weighted by molar-refractivity contribution is 9.10. The smallest absolute Gasteiger partial charge is 0.210 e. The lowest BCUT2D eigenvalue weighted by Gasteiger charge is -2.11. The van der Waals surface area contributed by atoms with E-state index in [0.717, 1.165) is 15.6 Å². The van der Waals surface area contributed by atoms with E-state index in [1.54, 1.807) is 14.2 Å². The van der Waals surface area contributed by atoms with Gasteiger partial charge in [-0.1, -0.05) is 57.5 Å². The minimum atomic E-state index is 0.638. The SMILES string of the molecule is COc1cc(Br)c(CSc2nnc(-c3ccc(C)cc3)n2N)cc1OC. The van der Waals surface area contributed by atoms with Crippen molar-refractivity contribution in [1.29, 1.82) is 0 Å². The molecule has 2 N–H and O–H groups in total. The third-order valence-corrected chi connectivity index (χ3v) is 5.61. The van der Waals surface area contributed by atoms with E-state index in [-0.39, 0.29) is 0 Å². The molecule has 0 amide bonds. The van der Waals surface area contributed by atoms with E-state index in [0.29, 0.717) is 28.2 Å². The molecule has 8 heteroatoms. The first kappa shape index (κ1) is 18.6. The fourth-order valence-corrected chi connectivity index (χ4v) is 3.92. The van der Waals surface area contributed by atoms with Crippen LogP contribution in [0.1, 0.15) is 11.1 Å². The fraction of sp³-hybridized carbons (Fsp3) is 0.222. The van der Waals surface area contributed by atoms with Gasteiger partial charge in [-0.05, 0) is 24.6 Å². The van der Waals surface area contributed by atoms with Crippen LogP contribution in [0.25, 0.3) is 11.4 Å². The number of rotatable bonds is 6. The Morgan fingerprint density at radius 1 is 1.08 bits per heavy atom.